The SMILES string of the molecule is Cc1cccc(OC(=O)CNCCNCC(=O)Oc2cccc(C)c2O)c1O. The first-order valence-corrected chi connectivity index (χ1v) is 8.78. The molecule has 0 aliphatic rings. The average molecular weight is 388 g/mol. The van der Waals surface area contributed by atoms with Crippen LogP contribution in [0.25, 0.3) is 0 Å². The van der Waals surface area contributed by atoms with Gasteiger partial charge in [-0.25, -0.2) is 0 Å². The molecule has 8 heteroatoms. The largest absolute Gasteiger partial charge is 0.504 e. The zero-order valence-corrected chi connectivity index (χ0v) is 15.8. The Kier molecular flexibility index (Phi) is 7.79. The van der Waals surface area contributed by atoms with Crippen LogP contribution in [0, 0.1) is 13.8 Å². The topological polar surface area (TPSA) is 117 Å². The number of carbonyl (C=O) groups excluding carboxylic acids is 2. The van der Waals surface area contributed by atoms with Crippen LogP contribution in [0.3, 0.4) is 0 Å². The van der Waals surface area contributed by atoms with Gasteiger partial charge in [-0.3, -0.25) is 9.59 Å². The second-order valence-corrected chi connectivity index (χ2v) is 6.15. The molecule has 0 saturated heterocycles. The first-order chi connectivity index (χ1) is 13.4. The first kappa shape index (κ1) is 21.2. The number of aryl methyl sites for hydroxylation is 2. The molecule has 0 bridgehead atoms. The molecule has 150 valence electrons. The third kappa shape index (κ3) is 6.26. The quantitative estimate of drug-likeness (QED) is 0.289. The molecule has 0 radical (unpaired) electrons. The van der Waals surface area contributed by atoms with Gasteiger partial charge in [0, 0.05) is 13.1 Å². The van der Waals surface area contributed by atoms with Crippen molar-refractivity contribution in [3.8, 4) is 23.0 Å². The number of hydrogen-bond acceptors (Lipinski definition) is 8. The second-order valence-electron chi connectivity index (χ2n) is 6.15. The van der Waals surface area contributed by atoms with Crippen LogP contribution < -0.4 is 20.1 Å². The standard InChI is InChI=1S/C20H24N2O6/c1-13-5-3-7-15(19(13)25)27-17(23)11-21-9-10-22-12-18(24)28-16-8-4-6-14(2)20(16)26/h3-8,21-22,25-26H,9-12H2,1-2H3. The van der Waals surface area contributed by atoms with Crippen LogP contribution in [0.4, 0.5) is 0 Å². The minimum atomic E-state index is -0.532. The molecule has 0 spiro atoms. The van der Waals surface area contributed by atoms with Gasteiger partial charge in [0.15, 0.2) is 23.0 Å². The predicted octanol–water partition coefficient (Wildman–Crippen LogP) is 1.40. The van der Waals surface area contributed by atoms with Crippen LogP contribution in [-0.4, -0.2) is 48.3 Å². The Bertz CT molecular complexity index is 768. The number of hydrogen-bond donors (Lipinski definition) is 4. The summed E-state index contributed by atoms with van der Waals surface area (Å²) in [6.45, 7) is 4.16. The number of phenolic OH excluding ortho intramolecular Hbond substituents is 2. The van der Waals surface area contributed by atoms with Gasteiger partial charge in [0.05, 0.1) is 13.1 Å². The van der Waals surface area contributed by atoms with E-state index in [1.165, 1.54) is 12.1 Å². The summed E-state index contributed by atoms with van der Waals surface area (Å²) in [6, 6.07) is 9.82. The van der Waals surface area contributed by atoms with E-state index in [-0.39, 0.29) is 36.1 Å². The first-order valence-electron chi connectivity index (χ1n) is 8.78. The van der Waals surface area contributed by atoms with Gasteiger partial charge in [-0.15, -0.1) is 0 Å². The van der Waals surface area contributed by atoms with E-state index in [1.54, 1.807) is 38.1 Å². The van der Waals surface area contributed by atoms with Crippen molar-refractivity contribution < 1.29 is 29.3 Å². The molecule has 4 N–H and O–H groups in total. The summed E-state index contributed by atoms with van der Waals surface area (Å²) in [5.41, 5.74) is 1.24. The molecule has 2 aromatic carbocycles. The molecule has 0 aliphatic heterocycles. The van der Waals surface area contributed by atoms with Crippen LogP contribution in [0.2, 0.25) is 0 Å². The maximum atomic E-state index is 11.8. The summed E-state index contributed by atoms with van der Waals surface area (Å²) in [7, 11) is 0. The number of phenols is 2. The number of aromatic hydroxyl groups is 2. The Labute approximate surface area is 163 Å². The number of rotatable bonds is 9. The minimum Gasteiger partial charge on any atom is -0.504 e. The molecule has 0 amide bonds. The Morgan fingerprint density at radius 1 is 0.786 bits per heavy atom. The normalized spacial score (nSPS) is 10.5. The van der Waals surface area contributed by atoms with E-state index in [1.807, 2.05) is 0 Å². The molecule has 28 heavy (non-hydrogen) atoms. The fourth-order valence-corrected chi connectivity index (χ4v) is 2.30. The third-order valence-electron chi connectivity index (χ3n) is 3.87. The fourth-order valence-electron chi connectivity index (χ4n) is 2.30. The van der Waals surface area contributed by atoms with Gasteiger partial charge in [-0.1, -0.05) is 24.3 Å². The lowest BCUT2D eigenvalue weighted by Gasteiger charge is -2.10. The lowest BCUT2D eigenvalue weighted by Crippen LogP contribution is -2.35. The highest BCUT2D eigenvalue weighted by atomic mass is 16.5. The van der Waals surface area contributed by atoms with Gasteiger partial charge < -0.3 is 30.3 Å². The molecule has 8 nitrogen and oxygen atoms in total. The zero-order valence-electron chi connectivity index (χ0n) is 15.8. The lowest BCUT2D eigenvalue weighted by atomic mass is 10.2. The van der Waals surface area contributed by atoms with Gasteiger partial charge in [-0.2, -0.15) is 0 Å². The number of nitrogens with one attached hydrogen (secondary N) is 2. The molecular formula is C20H24N2O6. The van der Waals surface area contributed by atoms with Gasteiger partial charge in [0.25, 0.3) is 0 Å². The molecule has 0 aliphatic carbocycles. The van der Waals surface area contributed by atoms with Gasteiger partial charge >= 0.3 is 11.9 Å². The number of carbonyl (C=O) groups is 2. The second kappa shape index (κ2) is 10.3. The van der Waals surface area contributed by atoms with Gasteiger partial charge in [-0.05, 0) is 37.1 Å². The summed E-state index contributed by atoms with van der Waals surface area (Å²) < 4.78 is 10.2. The van der Waals surface area contributed by atoms with E-state index in [4.69, 9.17) is 9.47 Å². The summed E-state index contributed by atoms with van der Waals surface area (Å²) in [5, 5.41) is 25.4. The third-order valence-corrected chi connectivity index (χ3v) is 3.87. The summed E-state index contributed by atoms with van der Waals surface area (Å²) in [4.78, 5) is 23.5. The van der Waals surface area contributed by atoms with Crippen molar-refractivity contribution in [2.45, 2.75) is 13.8 Å². The van der Waals surface area contributed by atoms with Crippen molar-refractivity contribution in [3.05, 3.63) is 47.5 Å². The maximum Gasteiger partial charge on any atom is 0.325 e. The maximum absolute atomic E-state index is 11.8. The number of esters is 2. The fraction of sp³-hybridized carbons (Fsp3) is 0.300. The lowest BCUT2D eigenvalue weighted by molar-refractivity contribution is -0.134. The van der Waals surface area contributed by atoms with Crippen LogP contribution in [-0.2, 0) is 9.59 Å². The molecule has 2 aromatic rings. The summed E-state index contributed by atoms with van der Waals surface area (Å²) in [6.07, 6.45) is 0. The van der Waals surface area contributed by atoms with E-state index < -0.39 is 11.9 Å². The van der Waals surface area contributed by atoms with Crippen LogP contribution in [0.1, 0.15) is 11.1 Å². The predicted molar refractivity (Wildman–Crippen MR) is 103 cm³/mol. The molecule has 0 fully saturated rings. The molecule has 0 unspecified atom stereocenters. The van der Waals surface area contributed by atoms with Gasteiger partial charge in [0.1, 0.15) is 0 Å². The van der Waals surface area contributed by atoms with Crippen LogP contribution >= 0.6 is 0 Å². The van der Waals surface area contributed by atoms with Crippen molar-refractivity contribution in [2.75, 3.05) is 26.2 Å². The van der Waals surface area contributed by atoms with Crippen LogP contribution in [0.5, 0.6) is 23.0 Å². The molecule has 0 heterocycles. The number of para-hydroxylation sites is 2. The van der Waals surface area contributed by atoms with Crippen molar-refractivity contribution in [1.82, 2.24) is 10.6 Å². The van der Waals surface area contributed by atoms with E-state index >= 15 is 0 Å². The van der Waals surface area contributed by atoms with E-state index in [2.05, 4.69) is 10.6 Å². The molecular weight excluding hydrogens is 364 g/mol. The number of benzene rings is 2. The monoisotopic (exact) mass is 388 g/mol. The Balaban J connectivity index is 1.61. The molecule has 0 atom stereocenters. The van der Waals surface area contributed by atoms with E-state index in [9.17, 15) is 19.8 Å². The Morgan fingerprint density at radius 2 is 1.18 bits per heavy atom. The van der Waals surface area contributed by atoms with Crippen molar-refractivity contribution in [1.29, 1.82) is 0 Å². The summed E-state index contributed by atoms with van der Waals surface area (Å²) >= 11 is 0. The van der Waals surface area contributed by atoms with Crippen LogP contribution in [0.15, 0.2) is 36.4 Å². The average Bonchev–Trinajstić information content (AvgIpc) is 2.65. The molecule has 2 rings (SSSR count). The zero-order chi connectivity index (χ0) is 20.5. The van der Waals surface area contributed by atoms with Crippen molar-refractivity contribution in [2.24, 2.45) is 0 Å². The molecule has 0 saturated carbocycles. The minimum absolute atomic E-state index is 0.0450. The smallest absolute Gasteiger partial charge is 0.325 e. The van der Waals surface area contributed by atoms with Crippen molar-refractivity contribution in [3.63, 3.8) is 0 Å². The number of ether oxygens (including phenoxy) is 2. The van der Waals surface area contributed by atoms with E-state index in [0.29, 0.717) is 24.2 Å². The van der Waals surface area contributed by atoms with Gasteiger partial charge in [0.2, 0.25) is 0 Å². The van der Waals surface area contributed by atoms with E-state index in [0.717, 1.165) is 0 Å². The highest BCUT2D eigenvalue weighted by Crippen LogP contribution is 2.29. The highest BCUT2D eigenvalue weighted by molar-refractivity contribution is 5.76. The Morgan fingerprint density at radius 3 is 1.57 bits per heavy atom. The van der Waals surface area contributed by atoms with Crippen molar-refractivity contribution >= 4 is 11.9 Å². The molecule has 0 aromatic heterocycles. The highest BCUT2D eigenvalue weighted by Gasteiger charge is 2.11. The summed E-state index contributed by atoms with van der Waals surface area (Å²) in [5.74, 6) is -0.948. The Hall–Kier alpha value is -3.10.